The van der Waals surface area contributed by atoms with Gasteiger partial charge in [-0.15, -0.1) is 0 Å². The summed E-state index contributed by atoms with van der Waals surface area (Å²) < 4.78 is 5.43. The Hall–Kier alpha value is -2.00. The minimum atomic E-state index is 0.0959. The predicted molar refractivity (Wildman–Crippen MR) is 79.6 cm³/mol. The zero-order chi connectivity index (χ0) is 13.7. The van der Waals surface area contributed by atoms with E-state index < -0.39 is 0 Å². The summed E-state index contributed by atoms with van der Waals surface area (Å²) >= 11 is 0. The summed E-state index contributed by atoms with van der Waals surface area (Å²) in [6.07, 6.45) is 0. The Morgan fingerprint density at radius 1 is 1.05 bits per heavy atom. The molecule has 0 radical (unpaired) electrons. The van der Waals surface area contributed by atoms with Gasteiger partial charge in [-0.2, -0.15) is 0 Å². The molecular weight excluding hydrogens is 236 g/mol. The maximum absolute atomic E-state index is 5.97. The topological polar surface area (TPSA) is 38.5 Å². The van der Waals surface area contributed by atoms with Crippen LogP contribution in [0.5, 0.6) is 5.75 Å². The Morgan fingerprint density at radius 2 is 1.68 bits per heavy atom. The number of nitrogens with two attached hydrogens (primary N) is 1. The molecule has 0 aromatic heterocycles. The van der Waals surface area contributed by atoms with Crippen LogP contribution >= 0.6 is 0 Å². The lowest BCUT2D eigenvalue weighted by Gasteiger charge is -2.30. The van der Waals surface area contributed by atoms with Crippen molar-refractivity contribution in [3.63, 3.8) is 0 Å². The molecule has 2 aromatic rings. The summed E-state index contributed by atoms with van der Waals surface area (Å²) in [6.45, 7) is 0.533. The number of likely N-dealkylation sites (N-methyl/N-ethyl adjacent to an activating group) is 1. The molecule has 0 aliphatic heterocycles. The molecule has 0 heterocycles. The van der Waals surface area contributed by atoms with Gasteiger partial charge in [-0.3, -0.25) is 0 Å². The van der Waals surface area contributed by atoms with Gasteiger partial charge in [0, 0.05) is 24.8 Å². The molecule has 0 fully saturated rings. The van der Waals surface area contributed by atoms with E-state index in [9.17, 15) is 0 Å². The summed E-state index contributed by atoms with van der Waals surface area (Å²) in [5.74, 6) is 0.876. The molecule has 0 aliphatic carbocycles. The van der Waals surface area contributed by atoms with Crippen LogP contribution in [0.15, 0.2) is 54.6 Å². The Morgan fingerprint density at radius 3 is 2.32 bits per heavy atom. The van der Waals surface area contributed by atoms with Gasteiger partial charge in [0.25, 0.3) is 0 Å². The molecule has 2 N–H and O–H groups in total. The number of methoxy groups -OCH3 is 1. The van der Waals surface area contributed by atoms with E-state index in [1.807, 2.05) is 36.4 Å². The van der Waals surface area contributed by atoms with Crippen LogP contribution in [0.1, 0.15) is 11.6 Å². The molecule has 3 heteroatoms. The van der Waals surface area contributed by atoms with E-state index in [0.29, 0.717) is 6.54 Å². The van der Waals surface area contributed by atoms with Crippen molar-refractivity contribution >= 4 is 5.69 Å². The van der Waals surface area contributed by atoms with Gasteiger partial charge in [0.05, 0.1) is 13.2 Å². The van der Waals surface area contributed by atoms with Crippen molar-refractivity contribution in [1.82, 2.24) is 0 Å². The molecule has 0 saturated heterocycles. The standard InChI is InChI=1S/C16H20N2O/c1-18(13-8-4-3-5-9-13)15(12-17)14-10-6-7-11-16(14)19-2/h3-11,15H,12,17H2,1-2H3. The van der Waals surface area contributed by atoms with E-state index >= 15 is 0 Å². The van der Waals surface area contributed by atoms with E-state index in [4.69, 9.17) is 10.5 Å². The Kier molecular flexibility index (Phi) is 4.42. The first kappa shape index (κ1) is 13.4. The summed E-state index contributed by atoms with van der Waals surface area (Å²) in [4.78, 5) is 2.18. The zero-order valence-corrected chi connectivity index (χ0v) is 11.4. The summed E-state index contributed by atoms with van der Waals surface area (Å²) in [6, 6.07) is 18.3. The largest absolute Gasteiger partial charge is 0.496 e. The van der Waals surface area contributed by atoms with Gasteiger partial charge >= 0.3 is 0 Å². The van der Waals surface area contributed by atoms with Crippen LogP contribution in [0.4, 0.5) is 5.69 Å². The highest BCUT2D eigenvalue weighted by atomic mass is 16.5. The Labute approximate surface area is 114 Å². The van der Waals surface area contributed by atoms with E-state index in [2.05, 4.69) is 30.1 Å². The van der Waals surface area contributed by atoms with Gasteiger partial charge in [0.15, 0.2) is 0 Å². The number of anilines is 1. The zero-order valence-electron chi connectivity index (χ0n) is 11.4. The van der Waals surface area contributed by atoms with E-state index in [1.165, 1.54) is 0 Å². The Bertz CT molecular complexity index is 513. The molecule has 100 valence electrons. The lowest BCUT2D eigenvalue weighted by Crippen LogP contribution is -2.30. The number of hydrogen-bond donors (Lipinski definition) is 1. The average molecular weight is 256 g/mol. The molecule has 2 rings (SSSR count). The second kappa shape index (κ2) is 6.25. The van der Waals surface area contributed by atoms with E-state index in [1.54, 1.807) is 7.11 Å². The molecular formula is C16H20N2O. The number of nitrogens with zero attached hydrogens (tertiary/aromatic N) is 1. The van der Waals surface area contributed by atoms with Crippen molar-refractivity contribution in [2.75, 3.05) is 25.6 Å². The summed E-state index contributed by atoms with van der Waals surface area (Å²) in [5, 5.41) is 0. The van der Waals surface area contributed by atoms with Crippen molar-refractivity contribution in [2.45, 2.75) is 6.04 Å². The fraction of sp³-hybridized carbons (Fsp3) is 0.250. The van der Waals surface area contributed by atoms with Gasteiger partial charge in [0.1, 0.15) is 5.75 Å². The van der Waals surface area contributed by atoms with E-state index in [-0.39, 0.29) is 6.04 Å². The van der Waals surface area contributed by atoms with Crippen LogP contribution in [0, 0.1) is 0 Å². The number of ether oxygens (including phenoxy) is 1. The smallest absolute Gasteiger partial charge is 0.124 e. The Balaban J connectivity index is 2.34. The summed E-state index contributed by atoms with van der Waals surface area (Å²) in [7, 11) is 3.74. The van der Waals surface area contributed by atoms with Gasteiger partial charge in [-0.1, -0.05) is 36.4 Å². The normalized spacial score (nSPS) is 11.9. The maximum atomic E-state index is 5.97. The number of para-hydroxylation sites is 2. The molecule has 0 aliphatic rings. The molecule has 0 saturated carbocycles. The first-order chi connectivity index (χ1) is 9.27. The van der Waals surface area contributed by atoms with Crippen LogP contribution in [-0.4, -0.2) is 20.7 Å². The molecule has 0 amide bonds. The highest BCUT2D eigenvalue weighted by Crippen LogP contribution is 2.30. The number of hydrogen-bond acceptors (Lipinski definition) is 3. The molecule has 3 nitrogen and oxygen atoms in total. The van der Waals surface area contributed by atoms with Crippen molar-refractivity contribution < 1.29 is 4.74 Å². The molecule has 0 bridgehead atoms. The summed E-state index contributed by atoms with van der Waals surface area (Å²) in [5.41, 5.74) is 8.22. The first-order valence-corrected chi connectivity index (χ1v) is 6.38. The third kappa shape index (κ3) is 2.88. The van der Waals surface area contributed by atoms with Gasteiger partial charge in [-0.05, 0) is 18.2 Å². The van der Waals surface area contributed by atoms with Crippen molar-refractivity contribution in [3.05, 3.63) is 60.2 Å². The van der Waals surface area contributed by atoms with Crippen LogP contribution in [0.3, 0.4) is 0 Å². The van der Waals surface area contributed by atoms with Crippen molar-refractivity contribution in [1.29, 1.82) is 0 Å². The van der Waals surface area contributed by atoms with Crippen LogP contribution in [0.25, 0.3) is 0 Å². The monoisotopic (exact) mass is 256 g/mol. The third-order valence-corrected chi connectivity index (χ3v) is 3.35. The van der Waals surface area contributed by atoms with Gasteiger partial charge in [0.2, 0.25) is 0 Å². The lowest BCUT2D eigenvalue weighted by molar-refractivity contribution is 0.405. The minimum absolute atomic E-state index is 0.0959. The second-order valence-electron chi connectivity index (χ2n) is 4.44. The molecule has 1 atom stereocenters. The molecule has 19 heavy (non-hydrogen) atoms. The van der Waals surface area contributed by atoms with Crippen molar-refractivity contribution in [2.24, 2.45) is 5.73 Å². The molecule has 2 aromatic carbocycles. The SMILES string of the molecule is COc1ccccc1C(CN)N(C)c1ccccc1. The minimum Gasteiger partial charge on any atom is -0.496 e. The number of rotatable bonds is 5. The van der Waals surface area contributed by atoms with E-state index in [0.717, 1.165) is 17.0 Å². The van der Waals surface area contributed by atoms with Crippen LogP contribution in [0.2, 0.25) is 0 Å². The molecule has 0 spiro atoms. The maximum Gasteiger partial charge on any atom is 0.124 e. The highest BCUT2D eigenvalue weighted by molar-refractivity contribution is 5.50. The predicted octanol–water partition coefficient (Wildman–Crippen LogP) is 2.83. The van der Waals surface area contributed by atoms with Crippen LogP contribution < -0.4 is 15.4 Å². The highest BCUT2D eigenvalue weighted by Gasteiger charge is 2.19. The first-order valence-electron chi connectivity index (χ1n) is 6.38. The molecule has 1 unspecified atom stereocenters. The van der Waals surface area contributed by atoms with Crippen LogP contribution in [-0.2, 0) is 0 Å². The fourth-order valence-electron chi connectivity index (χ4n) is 2.28. The lowest BCUT2D eigenvalue weighted by atomic mass is 10.0. The van der Waals surface area contributed by atoms with Crippen molar-refractivity contribution in [3.8, 4) is 5.75 Å². The number of benzene rings is 2. The quantitative estimate of drug-likeness (QED) is 0.894. The fourth-order valence-corrected chi connectivity index (χ4v) is 2.28. The second-order valence-corrected chi connectivity index (χ2v) is 4.44. The van der Waals surface area contributed by atoms with Gasteiger partial charge < -0.3 is 15.4 Å². The average Bonchev–Trinajstić information content (AvgIpc) is 2.49. The van der Waals surface area contributed by atoms with Gasteiger partial charge in [-0.25, -0.2) is 0 Å². The third-order valence-electron chi connectivity index (χ3n) is 3.35.